The zero-order valence-corrected chi connectivity index (χ0v) is 15.2. The highest BCUT2D eigenvalue weighted by Gasteiger charge is 2.57. The minimum absolute atomic E-state index is 0.145. The van der Waals surface area contributed by atoms with Gasteiger partial charge in [-0.05, 0) is 67.9 Å². The molecule has 27 heavy (non-hydrogen) atoms. The Morgan fingerprint density at radius 2 is 2.00 bits per heavy atom. The average molecular weight is 369 g/mol. The Bertz CT molecular complexity index is 911. The third kappa shape index (κ3) is 2.28. The predicted molar refractivity (Wildman–Crippen MR) is 96.7 cm³/mol. The lowest BCUT2D eigenvalue weighted by molar-refractivity contribution is -0.146. The summed E-state index contributed by atoms with van der Waals surface area (Å²) in [6, 6.07) is 3.46. The predicted octanol–water partition coefficient (Wildman–Crippen LogP) is 4.49. The van der Waals surface area contributed by atoms with Crippen LogP contribution in [0.25, 0.3) is 5.70 Å². The van der Waals surface area contributed by atoms with Crippen molar-refractivity contribution in [3.63, 3.8) is 0 Å². The number of halogens is 2. The molecule has 1 aromatic carbocycles. The largest absolute Gasteiger partial charge is 0.342 e. The number of benzene rings is 1. The summed E-state index contributed by atoms with van der Waals surface area (Å²) < 4.78 is 28.6. The Balaban J connectivity index is 1.61. The summed E-state index contributed by atoms with van der Waals surface area (Å²) in [6.07, 6.45) is 5.29. The van der Waals surface area contributed by atoms with Crippen LogP contribution >= 0.6 is 0 Å². The monoisotopic (exact) mass is 369 g/mol. The molecule has 0 radical (unpaired) electrons. The number of amides is 1. The number of likely N-dealkylation sites (tertiary alicyclic amines) is 1. The number of carbonyl (C=O) groups is 1. The Hall–Kier alpha value is -2.37. The van der Waals surface area contributed by atoms with Crippen molar-refractivity contribution in [2.45, 2.75) is 38.6 Å². The number of azo groups is 1. The third-order valence-corrected chi connectivity index (χ3v) is 6.74. The maximum atomic E-state index is 14.3. The summed E-state index contributed by atoms with van der Waals surface area (Å²) in [7, 11) is 0. The maximum absolute atomic E-state index is 14.3. The van der Waals surface area contributed by atoms with E-state index in [0.717, 1.165) is 49.9 Å². The summed E-state index contributed by atoms with van der Waals surface area (Å²) >= 11 is 0. The van der Waals surface area contributed by atoms with Gasteiger partial charge in [-0.2, -0.15) is 10.2 Å². The lowest BCUT2D eigenvalue weighted by atomic mass is 9.68. The average Bonchev–Trinajstić information content (AvgIpc) is 2.94. The van der Waals surface area contributed by atoms with Crippen LogP contribution in [0.3, 0.4) is 0 Å². The molecule has 3 atom stereocenters. The highest BCUT2D eigenvalue weighted by atomic mass is 19.1. The Kier molecular flexibility index (Phi) is 3.61. The second-order valence-corrected chi connectivity index (χ2v) is 8.12. The van der Waals surface area contributed by atoms with Crippen molar-refractivity contribution in [3.8, 4) is 0 Å². The van der Waals surface area contributed by atoms with Crippen molar-refractivity contribution in [1.82, 2.24) is 4.90 Å². The van der Waals surface area contributed by atoms with Gasteiger partial charge in [-0.15, -0.1) is 0 Å². The standard InChI is InChI=1S/C21H21F2N3O/c1-12-14-10-17(18-15(22)4-2-5-16(18)23)24-25-19(12)21(7-6-13(14)11-21)20(27)26-8-3-9-26/h2,4-5,10,13,19H,3,6-9,11H2,1H3/t13-,19?,21-/m0/s1. The molecule has 2 aliphatic carbocycles. The SMILES string of the molecule is CC1=C2C=C(c3c(F)cccc3F)N=NC1[C@]1(C(=O)N3CCC3)CC[C@H]2C1. The first-order chi connectivity index (χ1) is 13.0. The second-order valence-electron chi connectivity index (χ2n) is 8.12. The molecule has 5 rings (SSSR count). The molecule has 1 unspecified atom stereocenters. The van der Waals surface area contributed by atoms with Crippen molar-refractivity contribution in [1.29, 1.82) is 0 Å². The first-order valence-corrected chi connectivity index (χ1v) is 9.58. The Labute approximate surface area is 156 Å². The van der Waals surface area contributed by atoms with Gasteiger partial charge in [-0.25, -0.2) is 8.78 Å². The molecule has 1 saturated heterocycles. The summed E-state index contributed by atoms with van der Waals surface area (Å²) in [6.45, 7) is 3.62. The molecule has 0 spiro atoms. The van der Waals surface area contributed by atoms with Gasteiger partial charge >= 0.3 is 0 Å². The van der Waals surface area contributed by atoms with Gasteiger partial charge in [0.15, 0.2) is 0 Å². The van der Waals surface area contributed by atoms with Crippen LogP contribution < -0.4 is 0 Å². The molecule has 1 amide bonds. The minimum atomic E-state index is -0.647. The van der Waals surface area contributed by atoms with Crippen molar-refractivity contribution in [3.05, 3.63) is 52.6 Å². The number of allylic oxidation sites excluding steroid dienone is 2. The molecular weight excluding hydrogens is 348 g/mol. The first kappa shape index (κ1) is 16.8. The summed E-state index contributed by atoms with van der Waals surface area (Å²) in [5, 5.41) is 8.75. The fourth-order valence-corrected chi connectivity index (χ4v) is 5.22. The molecule has 0 N–H and O–H groups in total. The fraction of sp³-hybridized carbons (Fsp3) is 0.476. The van der Waals surface area contributed by atoms with Crippen molar-refractivity contribution < 1.29 is 13.6 Å². The molecule has 1 aromatic rings. The molecular formula is C21H21F2N3O. The topological polar surface area (TPSA) is 45.0 Å². The molecule has 4 nitrogen and oxygen atoms in total. The van der Waals surface area contributed by atoms with Gasteiger partial charge in [0.1, 0.15) is 17.7 Å². The smallest absolute Gasteiger partial charge is 0.231 e. The minimum Gasteiger partial charge on any atom is -0.342 e. The molecule has 2 fully saturated rings. The lowest BCUT2D eigenvalue weighted by Crippen LogP contribution is -2.54. The quantitative estimate of drug-likeness (QED) is 0.758. The third-order valence-electron chi connectivity index (χ3n) is 6.74. The van der Waals surface area contributed by atoms with Crippen LogP contribution in [0.5, 0.6) is 0 Å². The van der Waals surface area contributed by atoms with E-state index in [1.807, 2.05) is 11.8 Å². The van der Waals surface area contributed by atoms with Crippen molar-refractivity contribution >= 4 is 11.6 Å². The van der Waals surface area contributed by atoms with Gasteiger partial charge < -0.3 is 4.90 Å². The van der Waals surface area contributed by atoms with E-state index in [1.54, 1.807) is 6.08 Å². The molecule has 6 heteroatoms. The van der Waals surface area contributed by atoms with Gasteiger partial charge in [0.2, 0.25) is 5.91 Å². The van der Waals surface area contributed by atoms with Gasteiger partial charge in [0.25, 0.3) is 0 Å². The Morgan fingerprint density at radius 3 is 2.67 bits per heavy atom. The van der Waals surface area contributed by atoms with Crippen LogP contribution in [0.2, 0.25) is 0 Å². The van der Waals surface area contributed by atoms with Gasteiger partial charge in [-0.3, -0.25) is 4.79 Å². The van der Waals surface area contributed by atoms with E-state index in [1.165, 1.54) is 18.2 Å². The molecule has 1 saturated carbocycles. The van der Waals surface area contributed by atoms with E-state index >= 15 is 0 Å². The molecule has 2 aliphatic heterocycles. The van der Waals surface area contributed by atoms with Crippen molar-refractivity contribution in [2.24, 2.45) is 21.6 Å². The van der Waals surface area contributed by atoms with E-state index < -0.39 is 17.0 Å². The zero-order valence-electron chi connectivity index (χ0n) is 15.2. The van der Waals surface area contributed by atoms with Crippen LogP contribution in [-0.2, 0) is 4.79 Å². The number of rotatable bonds is 2. The van der Waals surface area contributed by atoms with Gasteiger partial charge in [0.05, 0.1) is 16.7 Å². The molecule has 4 bridgehead atoms. The number of carbonyl (C=O) groups excluding carboxylic acids is 1. The second kappa shape index (κ2) is 5.81. The van der Waals surface area contributed by atoms with E-state index in [4.69, 9.17) is 0 Å². The molecule has 2 heterocycles. The number of fused-ring (bicyclic) bond motifs is 5. The van der Waals surface area contributed by atoms with Crippen LogP contribution in [-0.4, -0.2) is 29.9 Å². The highest BCUT2D eigenvalue weighted by molar-refractivity contribution is 5.86. The van der Waals surface area contributed by atoms with Crippen LogP contribution in [0.15, 0.2) is 45.6 Å². The summed E-state index contributed by atoms with van der Waals surface area (Å²) in [5.41, 5.74) is 1.59. The highest BCUT2D eigenvalue weighted by Crippen LogP contribution is 2.57. The van der Waals surface area contributed by atoms with E-state index in [0.29, 0.717) is 0 Å². The van der Waals surface area contributed by atoms with E-state index in [-0.39, 0.29) is 29.1 Å². The maximum Gasteiger partial charge on any atom is 0.231 e. The number of hydrogen-bond acceptors (Lipinski definition) is 3. The number of nitrogens with zero attached hydrogens (tertiary/aromatic N) is 3. The lowest BCUT2D eigenvalue weighted by Gasteiger charge is -2.43. The van der Waals surface area contributed by atoms with Crippen molar-refractivity contribution in [2.75, 3.05) is 13.1 Å². The normalized spacial score (nSPS) is 31.5. The van der Waals surface area contributed by atoms with Crippen LogP contribution in [0, 0.1) is 23.0 Å². The first-order valence-electron chi connectivity index (χ1n) is 9.58. The molecule has 140 valence electrons. The summed E-state index contributed by atoms with van der Waals surface area (Å²) in [5.74, 6) is -0.892. The van der Waals surface area contributed by atoms with Gasteiger partial charge in [0, 0.05) is 13.1 Å². The molecule has 0 aromatic heterocycles. The van der Waals surface area contributed by atoms with E-state index in [2.05, 4.69) is 10.2 Å². The number of hydrogen-bond donors (Lipinski definition) is 0. The van der Waals surface area contributed by atoms with Gasteiger partial charge in [-0.1, -0.05) is 6.07 Å². The van der Waals surface area contributed by atoms with E-state index in [9.17, 15) is 13.6 Å². The summed E-state index contributed by atoms with van der Waals surface area (Å²) in [4.78, 5) is 15.2. The van der Waals surface area contributed by atoms with Crippen LogP contribution in [0.1, 0.15) is 38.2 Å². The van der Waals surface area contributed by atoms with Crippen LogP contribution in [0.4, 0.5) is 8.78 Å². The zero-order chi connectivity index (χ0) is 18.8. The fourth-order valence-electron chi connectivity index (χ4n) is 5.22. The molecule has 4 aliphatic rings. The Morgan fingerprint density at radius 1 is 1.26 bits per heavy atom.